The van der Waals surface area contributed by atoms with E-state index in [0.717, 1.165) is 38.4 Å². The molecule has 1 unspecified atom stereocenters. The first kappa shape index (κ1) is 15.0. The second-order valence-electron chi connectivity index (χ2n) is 5.54. The van der Waals surface area contributed by atoms with Gasteiger partial charge in [0.1, 0.15) is 5.75 Å². The third-order valence-corrected chi connectivity index (χ3v) is 4.08. The maximum atomic E-state index is 5.94. The highest BCUT2D eigenvalue weighted by Crippen LogP contribution is 2.25. The maximum Gasteiger partial charge on any atom is 0.119 e. The van der Waals surface area contributed by atoms with Crippen molar-refractivity contribution in [3.05, 3.63) is 59.9 Å². The van der Waals surface area contributed by atoms with Crippen LogP contribution in [0.1, 0.15) is 17.2 Å². The number of aromatic nitrogens is 1. The zero-order chi connectivity index (χ0) is 15.2. The predicted molar refractivity (Wildman–Crippen MR) is 86.1 cm³/mol. The summed E-state index contributed by atoms with van der Waals surface area (Å²) in [7, 11) is 1.70. The van der Waals surface area contributed by atoms with Gasteiger partial charge in [-0.25, -0.2) is 0 Å². The van der Waals surface area contributed by atoms with Crippen LogP contribution in [0.5, 0.6) is 5.75 Å². The van der Waals surface area contributed by atoms with E-state index < -0.39 is 0 Å². The molecule has 0 saturated carbocycles. The number of ether oxygens (including phenoxy) is 2. The molecule has 0 spiro atoms. The molecule has 1 aliphatic rings. The lowest BCUT2D eigenvalue weighted by Gasteiger charge is -2.33. The fourth-order valence-corrected chi connectivity index (χ4v) is 2.79. The summed E-state index contributed by atoms with van der Waals surface area (Å²) < 4.78 is 11.2. The number of rotatable bonds is 5. The number of nitrogens with zero attached hydrogens (tertiary/aromatic N) is 2. The highest BCUT2D eigenvalue weighted by atomic mass is 16.5. The van der Waals surface area contributed by atoms with E-state index in [0.29, 0.717) is 0 Å². The molecule has 4 heteroatoms. The molecule has 0 radical (unpaired) electrons. The van der Waals surface area contributed by atoms with Crippen molar-refractivity contribution < 1.29 is 9.47 Å². The Hall–Kier alpha value is -1.91. The summed E-state index contributed by atoms with van der Waals surface area (Å²) in [6, 6.07) is 12.3. The van der Waals surface area contributed by atoms with E-state index in [1.54, 1.807) is 7.11 Å². The van der Waals surface area contributed by atoms with Crippen LogP contribution >= 0.6 is 0 Å². The number of hydrogen-bond acceptors (Lipinski definition) is 4. The van der Waals surface area contributed by atoms with Gasteiger partial charge in [0.2, 0.25) is 0 Å². The highest BCUT2D eigenvalue weighted by Gasteiger charge is 2.22. The van der Waals surface area contributed by atoms with Gasteiger partial charge in [-0.15, -0.1) is 0 Å². The van der Waals surface area contributed by atoms with Gasteiger partial charge in [0.15, 0.2) is 0 Å². The van der Waals surface area contributed by atoms with E-state index in [2.05, 4.69) is 34.1 Å². The largest absolute Gasteiger partial charge is 0.497 e. The summed E-state index contributed by atoms with van der Waals surface area (Å²) in [5.74, 6) is 0.884. The summed E-state index contributed by atoms with van der Waals surface area (Å²) in [5.41, 5.74) is 2.52. The lowest BCUT2D eigenvalue weighted by Crippen LogP contribution is -2.39. The zero-order valence-corrected chi connectivity index (χ0v) is 12.9. The van der Waals surface area contributed by atoms with Crippen LogP contribution < -0.4 is 4.74 Å². The van der Waals surface area contributed by atoms with E-state index in [4.69, 9.17) is 9.47 Å². The van der Waals surface area contributed by atoms with E-state index in [-0.39, 0.29) is 6.10 Å². The smallest absolute Gasteiger partial charge is 0.119 e. The predicted octanol–water partition coefficient (Wildman–Crippen LogP) is 2.71. The molecule has 0 aliphatic carbocycles. The SMILES string of the molecule is COc1cccc(C2CN(CCc3ccncc3)CCO2)c1. The van der Waals surface area contributed by atoms with Crippen molar-refractivity contribution in [3.63, 3.8) is 0 Å². The molecule has 0 bridgehead atoms. The Balaban J connectivity index is 1.59. The molecule has 1 fully saturated rings. The normalized spacial score (nSPS) is 19.0. The Kier molecular flexibility index (Phi) is 5.03. The van der Waals surface area contributed by atoms with Crippen LogP contribution in [0.2, 0.25) is 0 Å². The van der Waals surface area contributed by atoms with Crippen molar-refractivity contribution in [1.29, 1.82) is 0 Å². The number of methoxy groups -OCH3 is 1. The quantitative estimate of drug-likeness (QED) is 0.850. The molecule has 4 nitrogen and oxygen atoms in total. The highest BCUT2D eigenvalue weighted by molar-refractivity contribution is 5.30. The first-order valence-corrected chi connectivity index (χ1v) is 7.72. The van der Waals surface area contributed by atoms with Crippen LogP contribution in [0.3, 0.4) is 0 Å². The first-order chi connectivity index (χ1) is 10.8. The third-order valence-electron chi connectivity index (χ3n) is 4.08. The lowest BCUT2D eigenvalue weighted by molar-refractivity contribution is -0.0296. The molecule has 1 aromatic carbocycles. The fraction of sp³-hybridized carbons (Fsp3) is 0.389. The van der Waals surface area contributed by atoms with Crippen molar-refractivity contribution in [2.24, 2.45) is 0 Å². The Labute approximate surface area is 131 Å². The zero-order valence-electron chi connectivity index (χ0n) is 12.9. The molecule has 0 amide bonds. The van der Waals surface area contributed by atoms with Gasteiger partial charge in [-0.3, -0.25) is 9.88 Å². The second kappa shape index (κ2) is 7.38. The van der Waals surface area contributed by atoms with Crippen molar-refractivity contribution >= 4 is 0 Å². The van der Waals surface area contributed by atoms with E-state index in [9.17, 15) is 0 Å². The van der Waals surface area contributed by atoms with Gasteiger partial charge in [0.05, 0.1) is 19.8 Å². The molecule has 0 N–H and O–H groups in total. The number of benzene rings is 1. The van der Waals surface area contributed by atoms with Crippen molar-refractivity contribution in [1.82, 2.24) is 9.88 Å². The monoisotopic (exact) mass is 298 g/mol. The average Bonchev–Trinajstić information content (AvgIpc) is 2.61. The van der Waals surface area contributed by atoms with Crippen LogP contribution in [-0.4, -0.2) is 43.2 Å². The molecular formula is C18H22N2O2. The van der Waals surface area contributed by atoms with Gasteiger partial charge >= 0.3 is 0 Å². The molecule has 116 valence electrons. The molecule has 3 rings (SSSR count). The summed E-state index contributed by atoms with van der Waals surface area (Å²) in [5, 5.41) is 0. The molecule has 1 saturated heterocycles. The minimum absolute atomic E-state index is 0.126. The minimum atomic E-state index is 0.126. The van der Waals surface area contributed by atoms with Gasteiger partial charge in [-0.05, 0) is 41.8 Å². The number of hydrogen-bond donors (Lipinski definition) is 0. The van der Waals surface area contributed by atoms with Gasteiger partial charge < -0.3 is 9.47 Å². The molecule has 1 aromatic heterocycles. The topological polar surface area (TPSA) is 34.6 Å². The van der Waals surface area contributed by atoms with Crippen molar-refractivity contribution in [3.8, 4) is 5.75 Å². The Morgan fingerprint density at radius 1 is 1.27 bits per heavy atom. The summed E-state index contributed by atoms with van der Waals surface area (Å²) in [6.07, 6.45) is 4.88. The first-order valence-electron chi connectivity index (χ1n) is 7.72. The van der Waals surface area contributed by atoms with Crippen LogP contribution in [0.4, 0.5) is 0 Å². The Morgan fingerprint density at radius 3 is 2.95 bits per heavy atom. The molecule has 1 aliphatic heterocycles. The minimum Gasteiger partial charge on any atom is -0.497 e. The standard InChI is InChI=1S/C18H22N2O2/c1-21-17-4-2-3-16(13-17)18-14-20(11-12-22-18)10-7-15-5-8-19-9-6-15/h2-6,8-9,13,18H,7,10-12,14H2,1H3. The fourth-order valence-electron chi connectivity index (χ4n) is 2.79. The average molecular weight is 298 g/mol. The molecular weight excluding hydrogens is 276 g/mol. The van der Waals surface area contributed by atoms with E-state index >= 15 is 0 Å². The Bertz CT molecular complexity index is 589. The summed E-state index contributed by atoms with van der Waals surface area (Å²) >= 11 is 0. The van der Waals surface area contributed by atoms with Gasteiger partial charge in [-0.1, -0.05) is 12.1 Å². The van der Waals surface area contributed by atoms with Gasteiger partial charge in [0, 0.05) is 32.0 Å². The van der Waals surface area contributed by atoms with Gasteiger partial charge in [0.25, 0.3) is 0 Å². The summed E-state index contributed by atoms with van der Waals surface area (Å²) in [4.78, 5) is 6.53. The molecule has 2 heterocycles. The Morgan fingerprint density at radius 2 is 2.14 bits per heavy atom. The van der Waals surface area contributed by atoms with Crippen LogP contribution in [0, 0.1) is 0 Å². The van der Waals surface area contributed by atoms with E-state index in [1.807, 2.05) is 24.5 Å². The van der Waals surface area contributed by atoms with Crippen LogP contribution in [0.15, 0.2) is 48.8 Å². The van der Waals surface area contributed by atoms with Crippen LogP contribution in [-0.2, 0) is 11.2 Å². The van der Waals surface area contributed by atoms with E-state index in [1.165, 1.54) is 11.1 Å². The van der Waals surface area contributed by atoms with Crippen molar-refractivity contribution in [2.45, 2.75) is 12.5 Å². The van der Waals surface area contributed by atoms with Crippen LogP contribution in [0.25, 0.3) is 0 Å². The second-order valence-corrected chi connectivity index (χ2v) is 5.54. The van der Waals surface area contributed by atoms with Gasteiger partial charge in [-0.2, -0.15) is 0 Å². The number of morpholine rings is 1. The third kappa shape index (κ3) is 3.84. The van der Waals surface area contributed by atoms with Crippen molar-refractivity contribution in [2.75, 3.05) is 33.4 Å². The molecule has 2 aromatic rings. The summed E-state index contributed by atoms with van der Waals surface area (Å²) in [6.45, 7) is 3.75. The maximum absolute atomic E-state index is 5.94. The lowest BCUT2D eigenvalue weighted by atomic mass is 10.1. The molecule has 1 atom stereocenters. The number of pyridine rings is 1. The molecule has 22 heavy (non-hydrogen) atoms.